The lowest BCUT2D eigenvalue weighted by atomic mass is 10.1. The normalized spacial score (nSPS) is 10.4. The van der Waals surface area contributed by atoms with Gasteiger partial charge in [-0.15, -0.1) is 0 Å². The van der Waals surface area contributed by atoms with E-state index in [-0.39, 0.29) is 5.75 Å². The zero-order valence-corrected chi connectivity index (χ0v) is 10.5. The second-order valence-electron chi connectivity index (χ2n) is 3.86. The highest BCUT2D eigenvalue weighted by atomic mass is 19.3. The van der Waals surface area contributed by atoms with Crippen LogP contribution in [0.3, 0.4) is 0 Å². The van der Waals surface area contributed by atoms with E-state index in [1.807, 2.05) is 0 Å². The van der Waals surface area contributed by atoms with Crippen LogP contribution in [0.15, 0.2) is 42.7 Å². The van der Waals surface area contributed by atoms with Crippen molar-refractivity contribution in [3.8, 4) is 16.9 Å². The first-order valence-electron chi connectivity index (χ1n) is 5.69. The van der Waals surface area contributed by atoms with Crippen LogP contribution in [0.1, 0.15) is 10.4 Å². The van der Waals surface area contributed by atoms with E-state index < -0.39 is 12.6 Å². The van der Waals surface area contributed by atoms with Gasteiger partial charge in [0.15, 0.2) is 0 Å². The Labute approximate surface area is 114 Å². The number of esters is 1. The number of nitrogens with zero attached hydrogens (tertiary/aromatic N) is 1. The first kappa shape index (κ1) is 13.9. The SMILES string of the molecule is COC(=O)c1cncc(-c2ccc(OC(F)F)cc2)c1. The van der Waals surface area contributed by atoms with Crippen LogP contribution in [0.2, 0.25) is 0 Å². The molecule has 0 bridgehead atoms. The lowest BCUT2D eigenvalue weighted by molar-refractivity contribution is -0.0498. The fraction of sp³-hybridized carbons (Fsp3) is 0.143. The van der Waals surface area contributed by atoms with Crippen LogP contribution in [-0.4, -0.2) is 24.7 Å². The van der Waals surface area contributed by atoms with E-state index in [9.17, 15) is 13.6 Å². The molecule has 1 aromatic heterocycles. The number of benzene rings is 1. The monoisotopic (exact) mass is 279 g/mol. The third-order valence-electron chi connectivity index (χ3n) is 2.57. The second-order valence-corrected chi connectivity index (χ2v) is 3.86. The standard InChI is InChI=1S/C14H11F2NO3/c1-19-13(18)11-6-10(7-17-8-11)9-2-4-12(5-3-9)20-14(15)16/h2-8,14H,1H3. The number of hydrogen-bond acceptors (Lipinski definition) is 4. The predicted octanol–water partition coefficient (Wildman–Crippen LogP) is 3.14. The molecule has 1 heterocycles. The summed E-state index contributed by atoms with van der Waals surface area (Å²) in [7, 11) is 1.28. The summed E-state index contributed by atoms with van der Waals surface area (Å²) < 4.78 is 33.0. The van der Waals surface area contributed by atoms with Gasteiger partial charge in [0, 0.05) is 18.0 Å². The Morgan fingerprint density at radius 3 is 2.45 bits per heavy atom. The average Bonchev–Trinajstić information content (AvgIpc) is 2.47. The van der Waals surface area contributed by atoms with Crippen molar-refractivity contribution in [1.29, 1.82) is 0 Å². The minimum absolute atomic E-state index is 0.0702. The number of pyridine rings is 1. The summed E-state index contributed by atoms with van der Waals surface area (Å²) in [6.45, 7) is -2.86. The molecule has 104 valence electrons. The van der Waals surface area contributed by atoms with Crippen LogP contribution in [0.4, 0.5) is 8.78 Å². The molecule has 0 amide bonds. The average molecular weight is 279 g/mol. The molecule has 0 spiro atoms. The molecule has 1 aromatic carbocycles. The minimum Gasteiger partial charge on any atom is -0.465 e. The minimum atomic E-state index is -2.86. The fourth-order valence-electron chi connectivity index (χ4n) is 1.66. The summed E-state index contributed by atoms with van der Waals surface area (Å²) in [5, 5.41) is 0. The molecule has 0 N–H and O–H groups in total. The van der Waals surface area contributed by atoms with Crippen LogP contribution < -0.4 is 4.74 Å². The van der Waals surface area contributed by atoms with Gasteiger partial charge >= 0.3 is 12.6 Å². The Morgan fingerprint density at radius 2 is 1.85 bits per heavy atom. The van der Waals surface area contributed by atoms with Crippen molar-refractivity contribution >= 4 is 5.97 Å². The lowest BCUT2D eigenvalue weighted by Gasteiger charge is -2.06. The lowest BCUT2D eigenvalue weighted by Crippen LogP contribution is -2.02. The van der Waals surface area contributed by atoms with E-state index in [1.165, 1.54) is 25.4 Å². The third kappa shape index (κ3) is 3.28. The molecule has 0 aliphatic rings. The molecule has 20 heavy (non-hydrogen) atoms. The smallest absolute Gasteiger partial charge is 0.387 e. The van der Waals surface area contributed by atoms with Gasteiger partial charge in [-0.1, -0.05) is 12.1 Å². The predicted molar refractivity (Wildman–Crippen MR) is 67.6 cm³/mol. The summed E-state index contributed by atoms with van der Waals surface area (Å²) in [6.07, 6.45) is 2.96. The molecule has 6 heteroatoms. The van der Waals surface area contributed by atoms with E-state index in [2.05, 4.69) is 14.5 Å². The Morgan fingerprint density at radius 1 is 1.15 bits per heavy atom. The van der Waals surface area contributed by atoms with E-state index in [0.29, 0.717) is 11.1 Å². The maximum Gasteiger partial charge on any atom is 0.387 e. The molecule has 0 saturated carbocycles. The first-order chi connectivity index (χ1) is 9.60. The maximum atomic E-state index is 12.0. The van der Waals surface area contributed by atoms with Gasteiger partial charge in [-0.3, -0.25) is 4.98 Å². The number of carbonyl (C=O) groups excluding carboxylic acids is 1. The van der Waals surface area contributed by atoms with Crippen molar-refractivity contribution in [3.63, 3.8) is 0 Å². The van der Waals surface area contributed by atoms with Crippen molar-refractivity contribution in [1.82, 2.24) is 4.98 Å². The third-order valence-corrected chi connectivity index (χ3v) is 2.57. The highest BCUT2D eigenvalue weighted by Gasteiger charge is 2.08. The van der Waals surface area contributed by atoms with Gasteiger partial charge in [0.25, 0.3) is 0 Å². The second kappa shape index (κ2) is 6.10. The number of hydrogen-bond donors (Lipinski definition) is 0. The quantitative estimate of drug-likeness (QED) is 0.807. The molecular weight excluding hydrogens is 268 g/mol. The molecular formula is C14H11F2NO3. The van der Waals surface area contributed by atoms with Crippen LogP contribution >= 0.6 is 0 Å². The van der Waals surface area contributed by atoms with Crippen LogP contribution in [0.25, 0.3) is 11.1 Å². The van der Waals surface area contributed by atoms with E-state index in [0.717, 1.165) is 5.56 Å². The van der Waals surface area contributed by atoms with Gasteiger partial charge in [0.05, 0.1) is 12.7 Å². The Hall–Kier alpha value is -2.50. The van der Waals surface area contributed by atoms with Crippen molar-refractivity contribution in [3.05, 3.63) is 48.3 Å². The summed E-state index contributed by atoms with van der Waals surface area (Å²) in [5.41, 5.74) is 1.72. The summed E-state index contributed by atoms with van der Waals surface area (Å²) in [4.78, 5) is 15.4. The number of alkyl halides is 2. The number of methoxy groups -OCH3 is 1. The summed E-state index contributed by atoms with van der Waals surface area (Å²) >= 11 is 0. The number of carbonyl (C=O) groups is 1. The number of aromatic nitrogens is 1. The summed E-state index contributed by atoms with van der Waals surface area (Å²) in [6, 6.07) is 7.67. The van der Waals surface area contributed by atoms with Gasteiger partial charge in [-0.25, -0.2) is 4.79 Å². The van der Waals surface area contributed by atoms with Gasteiger partial charge in [-0.2, -0.15) is 8.78 Å². The Bertz CT molecular complexity index is 600. The van der Waals surface area contributed by atoms with Crippen molar-refractivity contribution < 1.29 is 23.0 Å². The van der Waals surface area contributed by atoms with Gasteiger partial charge in [0.2, 0.25) is 0 Å². The number of rotatable bonds is 4. The molecule has 0 radical (unpaired) electrons. The highest BCUT2D eigenvalue weighted by Crippen LogP contribution is 2.23. The maximum absolute atomic E-state index is 12.0. The number of ether oxygens (including phenoxy) is 2. The largest absolute Gasteiger partial charge is 0.465 e. The molecule has 0 aliphatic heterocycles. The number of halogens is 2. The van der Waals surface area contributed by atoms with Crippen molar-refractivity contribution in [2.75, 3.05) is 7.11 Å². The topological polar surface area (TPSA) is 48.4 Å². The molecule has 0 unspecified atom stereocenters. The van der Waals surface area contributed by atoms with Crippen LogP contribution in [0, 0.1) is 0 Å². The van der Waals surface area contributed by atoms with Crippen molar-refractivity contribution in [2.45, 2.75) is 6.61 Å². The molecule has 2 rings (SSSR count). The van der Waals surface area contributed by atoms with Crippen molar-refractivity contribution in [2.24, 2.45) is 0 Å². The Kier molecular flexibility index (Phi) is 4.24. The van der Waals surface area contributed by atoms with E-state index in [4.69, 9.17) is 0 Å². The molecule has 0 saturated heterocycles. The molecule has 0 atom stereocenters. The Balaban J connectivity index is 2.25. The fourth-order valence-corrected chi connectivity index (χ4v) is 1.66. The molecule has 0 fully saturated rings. The first-order valence-corrected chi connectivity index (χ1v) is 5.69. The molecule has 4 nitrogen and oxygen atoms in total. The van der Waals surface area contributed by atoms with Crippen LogP contribution in [-0.2, 0) is 4.74 Å². The van der Waals surface area contributed by atoms with E-state index in [1.54, 1.807) is 24.4 Å². The zero-order valence-electron chi connectivity index (χ0n) is 10.5. The zero-order chi connectivity index (χ0) is 14.5. The molecule has 0 aliphatic carbocycles. The molecule has 2 aromatic rings. The van der Waals surface area contributed by atoms with Gasteiger partial charge in [0.1, 0.15) is 5.75 Å². The van der Waals surface area contributed by atoms with Crippen LogP contribution in [0.5, 0.6) is 5.75 Å². The van der Waals surface area contributed by atoms with E-state index >= 15 is 0 Å². The van der Waals surface area contributed by atoms with Gasteiger partial charge < -0.3 is 9.47 Å². The summed E-state index contributed by atoms with van der Waals surface area (Å²) in [5.74, 6) is -0.419. The highest BCUT2D eigenvalue weighted by molar-refractivity contribution is 5.90. The van der Waals surface area contributed by atoms with Gasteiger partial charge in [-0.05, 0) is 23.8 Å².